The summed E-state index contributed by atoms with van der Waals surface area (Å²) in [6.07, 6.45) is 3.21. The molecule has 0 aromatic heterocycles. The van der Waals surface area contributed by atoms with Crippen LogP contribution in [0.5, 0.6) is 0 Å². The Labute approximate surface area is 153 Å². The minimum Gasteiger partial charge on any atom is -0.385 e. The Morgan fingerprint density at radius 3 is 2.36 bits per heavy atom. The van der Waals surface area contributed by atoms with Gasteiger partial charge in [-0.05, 0) is 44.1 Å². The van der Waals surface area contributed by atoms with Gasteiger partial charge >= 0.3 is 0 Å². The minimum absolute atomic E-state index is 0.0203. The van der Waals surface area contributed by atoms with E-state index < -0.39 is 0 Å². The summed E-state index contributed by atoms with van der Waals surface area (Å²) in [6.45, 7) is 12.7. The van der Waals surface area contributed by atoms with Gasteiger partial charge in [0.05, 0.1) is 6.04 Å². The number of nitrogens with zero attached hydrogens (tertiary/aromatic N) is 1. The number of carbonyl (C=O) groups is 1. The van der Waals surface area contributed by atoms with E-state index in [4.69, 9.17) is 0 Å². The summed E-state index contributed by atoms with van der Waals surface area (Å²) in [7, 11) is 1.94. The van der Waals surface area contributed by atoms with E-state index in [9.17, 15) is 4.79 Å². The van der Waals surface area contributed by atoms with Crippen molar-refractivity contribution in [2.45, 2.75) is 65.0 Å². The van der Waals surface area contributed by atoms with Crippen molar-refractivity contribution in [2.24, 2.45) is 11.8 Å². The number of carbonyl (C=O) groups excluding carboxylic acids is 1. The number of nitrogens with one attached hydrogen (secondary N) is 1. The fourth-order valence-corrected chi connectivity index (χ4v) is 4.29. The van der Waals surface area contributed by atoms with Gasteiger partial charge in [0, 0.05) is 24.7 Å². The molecule has 0 spiro atoms. The van der Waals surface area contributed by atoms with Crippen LogP contribution in [0.25, 0.3) is 0 Å². The van der Waals surface area contributed by atoms with Crippen LogP contribution in [0.15, 0.2) is 42.6 Å². The molecule has 3 unspecified atom stereocenters. The number of amides is 1. The third kappa shape index (κ3) is 4.65. The summed E-state index contributed by atoms with van der Waals surface area (Å²) >= 11 is 0. The minimum atomic E-state index is 0.0203. The summed E-state index contributed by atoms with van der Waals surface area (Å²) in [5, 5.41) is 3.41. The lowest BCUT2D eigenvalue weighted by Gasteiger charge is -2.36. The third-order valence-electron chi connectivity index (χ3n) is 5.29. The molecule has 3 heteroatoms. The molecule has 0 saturated heterocycles. The standard InChI is InChI=1S/C22H34N2O/c1-15(2)21(17(5)23-16(3)4)24(6)22(25)20-14-10-13-19(20)18-11-8-7-9-12-18/h7-9,11-12,15-16,19-21,23H,5,10,13-14H2,1-4,6H3. The second kappa shape index (κ2) is 8.55. The molecule has 1 aliphatic rings. The van der Waals surface area contributed by atoms with Crippen molar-refractivity contribution in [3.05, 3.63) is 48.2 Å². The van der Waals surface area contributed by atoms with E-state index in [1.165, 1.54) is 5.56 Å². The van der Waals surface area contributed by atoms with Gasteiger partial charge in [0.2, 0.25) is 5.91 Å². The quantitative estimate of drug-likeness (QED) is 0.787. The predicted molar refractivity (Wildman–Crippen MR) is 105 cm³/mol. The maximum absolute atomic E-state index is 13.3. The molecule has 1 N–H and O–H groups in total. The average molecular weight is 343 g/mol. The molecule has 1 saturated carbocycles. The van der Waals surface area contributed by atoms with Gasteiger partial charge in [0.1, 0.15) is 0 Å². The molecule has 3 atom stereocenters. The van der Waals surface area contributed by atoms with Gasteiger partial charge in [-0.2, -0.15) is 0 Å². The Morgan fingerprint density at radius 1 is 1.16 bits per heavy atom. The first-order valence-electron chi connectivity index (χ1n) is 9.59. The molecule has 3 nitrogen and oxygen atoms in total. The second-order valence-electron chi connectivity index (χ2n) is 8.02. The molecule has 1 fully saturated rings. The lowest BCUT2D eigenvalue weighted by molar-refractivity contribution is -0.136. The van der Waals surface area contributed by atoms with Gasteiger partial charge in [-0.1, -0.05) is 57.2 Å². The molecule has 2 rings (SSSR count). The maximum atomic E-state index is 13.3. The number of hydrogen-bond acceptors (Lipinski definition) is 2. The summed E-state index contributed by atoms with van der Waals surface area (Å²) in [5.41, 5.74) is 2.24. The molecular formula is C22H34N2O. The first-order valence-corrected chi connectivity index (χ1v) is 9.59. The van der Waals surface area contributed by atoms with Crippen LogP contribution in [0.1, 0.15) is 58.4 Å². The maximum Gasteiger partial charge on any atom is 0.226 e. The van der Waals surface area contributed by atoms with Crippen LogP contribution in [0.3, 0.4) is 0 Å². The van der Waals surface area contributed by atoms with Gasteiger partial charge in [-0.15, -0.1) is 0 Å². The number of likely N-dealkylation sites (N-methyl/N-ethyl adjacent to an activating group) is 1. The normalized spacial score (nSPS) is 21.4. The van der Waals surface area contributed by atoms with E-state index in [-0.39, 0.29) is 17.9 Å². The topological polar surface area (TPSA) is 32.3 Å². The first-order chi connectivity index (χ1) is 11.8. The van der Waals surface area contributed by atoms with Crippen molar-refractivity contribution >= 4 is 5.91 Å². The zero-order chi connectivity index (χ0) is 18.6. The largest absolute Gasteiger partial charge is 0.385 e. The lowest BCUT2D eigenvalue weighted by Crippen LogP contribution is -2.48. The molecule has 0 heterocycles. The van der Waals surface area contributed by atoms with Crippen LogP contribution in [-0.2, 0) is 4.79 Å². The van der Waals surface area contributed by atoms with Crippen molar-refractivity contribution in [3.63, 3.8) is 0 Å². The summed E-state index contributed by atoms with van der Waals surface area (Å²) in [4.78, 5) is 15.3. The highest BCUT2D eigenvalue weighted by Gasteiger charge is 2.38. The van der Waals surface area contributed by atoms with Gasteiger partial charge < -0.3 is 10.2 Å². The molecular weight excluding hydrogens is 308 g/mol. The molecule has 1 aliphatic carbocycles. The van der Waals surface area contributed by atoms with Crippen molar-refractivity contribution in [3.8, 4) is 0 Å². The van der Waals surface area contributed by atoms with E-state index in [0.29, 0.717) is 17.9 Å². The summed E-state index contributed by atoms with van der Waals surface area (Å²) in [5.74, 6) is 1.01. The number of rotatable bonds is 7. The zero-order valence-corrected chi connectivity index (χ0v) is 16.5. The van der Waals surface area contributed by atoms with Gasteiger partial charge in [0.25, 0.3) is 0 Å². The fourth-order valence-electron chi connectivity index (χ4n) is 4.29. The third-order valence-corrected chi connectivity index (χ3v) is 5.29. The Balaban J connectivity index is 2.17. The summed E-state index contributed by atoms with van der Waals surface area (Å²) in [6, 6.07) is 10.9. The molecule has 1 amide bonds. The molecule has 0 aliphatic heterocycles. The Morgan fingerprint density at radius 2 is 1.80 bits per heavy atom. The lowest BCUT2D eigenvalue weighted by atomic mass is 9.87. The highest BCUT2D eigenvalue weighted by atomic mass is 16.2. The summed E-state index contributed by atoms with van der Waals surface area (Å²) < 4.78 is 0. The molecule has 138 valence electrons. The van der Waals surface area contributed by atoms with E-state index in [2.05, 4.69) is 63.9 Å². The van der Waals surface area contributed by atoms with Crippen molar-refractivity contribution < 1.29 is 4.79 Å². The Kier molecular flexibility index (Phi) is 6.69. The van der Waals surface area contributed by atoms with Crippen LogP contribution in [0.2, 0.25) is 0 Å². The average Bonchev–Trinajstić information content (AvgIpc) is 3.03. The fraction of sp³-hybridized carbons (Fsp3) is 0.591. The van der Waals surface area contributed by atoms with E-state index in [1.54, 1.807) is 0 Å². The molecule has 1 aromatic rings. The van der Waals surface area contributed by atoms with Crippen LogP contribution < -0.4 is 5.32 Å². The van der Waals surface area contributed by atoms with Gasteiger partial charge in [-0.3, -0.25) is 4.79 Å². The van der Waals surface area contributed by atoms with E-state index in [1.807, 2.05) is 18.0 Å². The van der Waals surface area contributed by atoms with Crippen LogP contribution in [0.4, 0.5) is 0 Å². The van der Waals surface area contributed by atoms with Crippen molar-refractivity contribution in [1.82, 2.24) is 10.2 Å². The van der Waals surface area contributed by atoms with E-state index >= 15 is 0 Å². The highest BCUT2D eigenvalue weighted by Crippen LogP contribution is 2.41. The Bertz CT molecular complexity index is 579. The highest BCUT2D eigenvalue weighted by molar-refractivity contribution is 5.80. The van der Waals surface area contributed by atoms with Gasteiger partial charge in [-0.25, -0.2) is 0 Å². The molecule has 25 heavy (non-hydrogen) atoms. The zero-order valence-electron chi connectivity index (χ0n) is 16.5. The van der Waals surface area contributed by atoms with Crippen molar-refractivity contribution in [2.75, 3.05) is 7.05 Å². The van der Waals surface area contributed by atoms with Crippen molar-refractivity contribution in [1.29, 1.82) is 0 Å². The molecule has 0 radical (unpaired) electrons. The van der Waals surface area contributed by atoms with Crippen LogP contribution in [-0.4, -0.2) is 29.9 Å². The van der Waals surface area contributed by atoms with E-state index in [0.717, 1.165) is 25.0 Å². The first kappa shape index (κ1) is 19.6. The molecule has 0 bridgehead atoms. The SMILES string of the molecule is C=C(NC(C)C)C(C(C)C)N(C)C(=O)C1CCCC1c1ccccc1. The smallest absolute Gasteiger partial charge is 0.226 e. The second-order valence-corrected chi connectivity index (χ2v) is 8.02. The number of benzene rings is 1. The Hall–Kier alpha value is -1.77. The van der Waals surface area contributed by atoms with Crippen LogP contribution in [0, 0.1) is 11.8 Å². The predicted octanol–water partition coefficient (Wildman–Crippen LogP) is 4.57. The monoisotopic (exact) mass is 342 g/mol. The van der Waals surface area contributed by atoms with Gasteiger partial charge in [0.15, 0.2) is 0 Å². The number of hydrogen-bond donors (Lipinski definition) is 1. The van der Waals surface area contributed by atoms with Crippen LogP contribution >= 0.6 is 0 Å². The molecule has 1 aromatic carbocycles.